The molecule has 90 valence electrons. The second-order valence-corrected chi connectivity index (χ2v) is 5.88. The Labute approximate surface area is 106 Å². The molecule has 1 atom stereocenters. The van der Waals surface area contributed by atoms with E-state index in [1.54, 1.807) is 0 Å². The molecule has 1 unspecified atom stereocenters. The molecule has 1 N–H and O–H groups in total. The van der Waals surface area contributed by atoms with Crippen molar-refractivity contribution in [1.82, 2.24) is 5.32 Å². The molecule has 0 aliphatic heterocycles. The number of benzene rings is 1. The average molecular weight is 288 g/mol. The van der Waals surface area contributed by atoms with Gasteiger partial charge in [0.1, 0.15) is 5.82 Å². The molecule has 0 aliphatic carbocycles. The quantitative estimate of drug-likeness (QED) is 0.875. The van der Waals surface area contributed by atoms with Gasteiger partial charge in [0.15, 0.2) is 0 Å². The summed E-state index contributed by atoms with van der Waals surface area (Å²) in [6, 6.07) is 5.09. The molecule has 0 fully saturated rings. The van der Waals surface area contributed by atoms with Gasteiger partial charge >= 0.3 is 0 Å². The number of hydrogen-bond acceptors (Lipinski definition) is 1. The maximum atomic E-state index is 13.0. The van der Waals surface area contributed by atoms with Crippen molar-refractivity contribution in [2.45, 2.75) is 33.7 Å². The smallest absolute Gasteiger partial charge is 0.124 e. The van der Waals surface area contributed by atoms with Gasteiger partial charge in [-0.3, -0.25) is 0 Å². The number of rotatable bonds is 3. The SMILES string of the molecule is CCNC(c1ccc(F)cc1Br)C(C)(C)C. The number of nitrogens with one attached hydrogen (secondary N) is 1. The van der Waals surface area contributed by atoms with Crippen LogP contribution in [-0.2, 0) is 0 Å². The van der Waals surface area contributed by atoms with Crippen LogP contribution in [0, 0.1) is 11.2 Å². The minimum Gasteiger partial charge on any atom is -0.310 e. The zero-order chi connectivity index (χ0) is 12.3. The highest BCUT2D eigenvalue weighted by atomic mass is 79.9. The molecule has 1 rings (SSSR count). The van der Waals surface area contributed by atoms with Crippen LogP contribution in [0.5, 0.6) is 0 Å². The van der Waals surface area contributed by atoms with Crippen LogP contribution in [0.4, 0.5) is 4.39 Å². The van der Waals surface area contributed by atoms with Gasteiger partial charge in [-0.25, -0.2) is 4.39 Å². The van der Waals surface area contributed by atoms with Crippen molar-refractivity contribution in [3.63, 3.8) is 0 Å². The Morgan fingerprint density at radius 2 is 2.00 bits per heavy atom. The van der Waals surface area contributed by atoms with Gasteiger partial charge in [-0.2, -0.15) is 0 Å². The highest BCUT2D eigenvalue weighted by Gasteiger charge is 2.26. The van der Waals surface area contributed by atoms with Crippen molar-refractivity contribution in [3.8, 4) is 0 Å². The standard InChI is InChI=1S/C13H19BrFN/c1-5-16-12(13(2,3)4)10-7-6-9(15)8-11(10)14/h6-8,12,16H,5H2,1-4H3. The average Bonchev–Trinajstić information content (AvgIpc) is 2.13. The van der Waals surface area contributed by atoms with Crippen LogP contribution in [0.25, 0.3) is 0 Å². The first-order chi connectivity index (χ1) is 7.36. The second kappa shape index (κ2) is 5.28. The lowest BCUT2D eigenvalue weighted by atomic mass is 9.82. The summed E-state index contributed by atoms with van der Waals surface area (Å²) in [5.41, 5.74) is 1.20. The molecule has 1 aromatic rings. The zero-order valence-electron chi connectivity index (χ0n) is 10.3. The van der Waals surface area contributed by atoms with Gasteiger partial charge < -0.3 is 5.32 Å². The maximum absolute atomic E-state index is 13.0. The molecule has 1 nitrogen and oxygen atoms in total. The van der Waals surface area contributed by atoms with Gasteiger partial charge in [-0.05, 0) is 29.7 Å². The molecule has 0 amide bonds. The van der Waals surface area contributed by atoms with Crippen LogP contribution in [-0.4, -0.2) is 6.54 Å². The van der Waals surface area contributed by atoms with Crippen molar-refractivity contribution in [1.29, 1.82) is 0 Å². The molecule has 0 heterocycles. The molecule has 0 aliphatic rings. The fourth-order valence-corrected chi connectivity index (χ4v) is 2.40. The van der Waals surface area contributed by atoms with Crippen molar-refractivity contribution in [2.24, 2.45) is 5.41 Å². The molecule has 0 bridgehead atoms. The van der Waals surface area contributed by atoms with Crippen molar-refractivity contribution in [2.75, 3.05) is 6.54 Å². The van der Waals surface area contributed by atoms with Crippen LogP contribution in [0.15, 0.2) is 22.7 Å². The van der Waals surface area contributed by atoms with E-state index >= 15 is 0 Å². The summed E-state index contributed by atoms with van der Waals surface area (Å²) in [5, 5.41) is 3.45. The third kappa shape index (κ3) is 3.29. The first kappa shape index (κ1) is 13.7. The topological polar surface area (TPSA) is 12.0 Å². The van der Waals surface area contributed by atoms with Crippen molar-refractivity contribution in [3.05, 3.63) is 34.1 Å². The Kier molecular flexibility index (Phi) is 4.51. The molecule has 0 saturated carbocycles. The van der Waals surface area contributed by atoms with E-state index in [-0.39, 0.29) is 17.3 Å². The van der Waals surface area contributed by atoms with E-state index in [0.717, 1.165) is 16.6 Å². The van der Waals surface area contributed by atoms with Crippen LogP contribution in [0.1, 0.15) is 39.3 Å². The highest BCUT2D eigenvalue weighted by Crippen LogP contribution is 2.36. The lowest BCUT2D eigenvalue weighted by Gasteiger charge is -2.32. The summed E-state index contributed by atoms with van der Waals surface area (Å²) in [5.74, 6) is -0.209. The first-order valence-electron chi connectivity index (χ1n) is 5.54. The molecular weight excluding hydrogens is 269 g/mol. The van der Waals surface area contributed by atoms with Crippen molar-refractivity contribution < 1.29 is 4.39 Å². The Bertz CT molecular complexity index is 357. The van der Waals surface area contributed by atoms with Gasteiger partial charge in [-0.15, -0.1) is 0 Å². The maximum Gasteiger partial charge on any atom is 0.124 e. The lowest BCUT2D eigenvalue weighted by Crippen LogP contribution is -2.32. The molecule has 0 radical (unpaired) electrons. The lowest BCUT2D eigenvalue weighted by molar-refractivity contribution is 0.276. The third-order valence-corrected chi connectivity index (χ3v) is 3.23. The third-order valence-electron chi connectivity index (χ3n) is 2.55. The van der Waals surface area contributed by atoms with Crippen LogP contribution in [0.2, 0.25) is 0 Å². The Morgan fingerprint density at radius 1 is 1.38 bits per heavy atom. The normalized spacial score (nSPS) is 13.9. The summed E-state index contributed by atoms with van der Waals surface area (Å²) < 4.78 is 13.9. The Morgan fingerprint density at radius 3 is 2.44 bits per heavy atom. The summed E-state index contributed by atoms with van der Waals surface area (Å²) in [6.45, 7) is 9.50. The van der Waals surface area contributed by atoms with E-state index < -0.39 is 0 Å². The van der Waals surface area contributed by atoms with Gasteiger partial charge in [-0.1, -0.05) is 49.7 Å². The molecular formula is C13H19BrFN. The van der Waals surface area contributed by atoms with E-state index in [9.17, 15) is 4.39 Å². The number of halogens is 2. The second-order valence-electron chi connectivity index (χ2n) is 5.02. The summed E-state index contributed by atoms with van der Waals surface area (Å²) in [4.78, 5) is 0. The van der Waals surface area contributed by atoms with E-state index in [1.165, 1.54) is 12.1 Å². The highest BCUT2D eigenvalue weighted by molar-refractivity contribution is 9.10. The molecule has 3 heteroatoms. The van der Waals surface area contributed by atoms with Gasteiger partial charge in [0.05, 0.1) is 0 Å². The first-order valence-corrected chi connectivity index (χ1v) is 6.34. The van der Waals surface area contributed by atoms with Gasteiger partial charge in [0.2, 0.25) is 0 Å². The van der Waals surface area contributed by atoms with E-state index in [2.05, 4.69) is 48.9 Å². The summed E-state index contributed by atoms with van der Waals surface area (Å²) in [7, 11) is 0. The minimum atomic E-state index is -0.209. The number of hydrogen-bond donors (Lipinski definition) is 1. The largest absolute Gasteiger partial charge is 0.310 e. The van der Waals surface area contributed by atoms with Crippen LogP contribution >= 0.6 is 15.9 Å². The Hall–Kier alpha value is -0.410. The predicted molar refractivity (Wildman–Crippen MR) is 70.0 cm³/mol. The monoisotopic (exact) mass is 287 g/mol. The predicted octanol–water partition coefficient (Wildman–Crippen LogP) is 4.28. The van der Waals surface area contributed by atoms with E-state index in [0.29, 0.717) is 0 Å². The summed E-state index contributed by atoms with van der Waals surface area (Å²) >= 11 is 3.43. The van der Waals surface area contributed by atoms with Gasteiger partial charge in [0.25, 0.3) is 0 Å². The van der Waals surface area contributed by atoms with E-state index in [4.69, 9.17) is 0 Å². The fraction of sp³-hybridized carbons (Fsp3) is 0.538. The Balaban J connectivity index is 3.11. The molecule has 1 aromatic carbocycles. The van der Waals surface area contributed by atoms with Crippen LogP contribution in [0.3, 0.4) is 0 Å². The van der Waals surface area contributed by atoms with Crippen molar-refractivity contribution >= 4 is 15.9 Å². The van der Waals surface area contributed by atoms with Gasteiger partial charge in [0, 0.05) is 10.5 Å². The zero-order valence-corrected chi connectivity index (χ0v) is 11.9. The summed E-state index contributed by atoms with van der Waals surface area (Å²) in [6.07, 6.45) is 0. The van der Waals surface area contributed by atoms with E-state index in [1.807, 2.05) is 6.07 Å². The molecule has 0 aromatic heterocycles. The molecule has 0 spiro atoms. The molecule has 0 saturated heterocycles. The minimum absolute atomic E-state index is 0.0936. The fourth-order valence-electron chi connectivity index (χ4n) is 1.82. The molecule has 16 heavy (non-hydrogen) atoms. The van der Waals surface area contributed by atoms with Crippen LogP contribution < -0.4 is 5.32 Å².